The highest BCUT2D eigenvalue weighted by atomic mass is 16.5. The Hall–Kier alpha value is -4.25. The minimum atomic E-state index is -0.348. The van der Waals surface area contributed by atoms with E-state index < -0.39 is 0 Å². The summed E-state index contributed by atoms with van der Waals surface area (Å²) in [7, 11) is 1.38. The van der Waals surface area contributed by atoms with Gasteiger partial charge in [-0.3, -0.25) is 4.98 Å². The molecule has 0 aliphatic heterocycles. The van der Waals surface area contributed by atoms with Crippen LogP contribution >= 0.6 is 0 Å². The summed E-state index contributed by atoms with van der Waals surface area (Å²) < 4.78 is 4.78. The fraction of sp³-hybridized carbons (Fsp3) is 0.167. The number of carbonyl (C=O) groups excluding carboxylic acids is 1. The zero-order valence-electron chi connectivity index (χ0n) is 20.2. The van der Waals surface area contributed by atoms with Gasteiger partial charge in [-0.15, -0.1) is 0 Å². The number of methoxy groups -OCH3 is 1. The van der Waals surface area contributed by atoms with Crippen LogP contribution in [0.3, 0.4) is 0 Å². The number of rotatable bonds is 7. The Morgan fingerprint density at radius 3 is 2.40 bits per heavy atom. The maximum atomic E-state index is 11.7. The Morgan fingerprint density at radius 2 is 1.69 bits per heavy atom. The zero-order chi connectivity index (χ0) is 24.8. The van der Waals surface area contributed by atoms with Crippen molar-refractivity contribution in [1.29, 1.82) is 0 Å². The average Bonchev–Trinajstić information content (AvgIpc) is 2.89. The highest BCUT2D eigenvalue weighted by molar-refractivity contribution is 6.03. The number of hydrogen-bond acceptors (Lipinski definition) is 5. The molecule has 5 nitrogen and oxygen atoms in total. The van der Waals surface area contributed by atoms with Gasteiger partial charge in [-0.2, -0.15) is 0 Å². The van der Waals surface area contributed by atoms with Crippen LogP contribution in [0.25, 0.3) is 22.3 Å². The van der Waals surface area contributed by atoms with Crippen LogP contribution in [0.4, 0.5) is 0 Å². The SMILES string of the molecule is COC(=O)c1ccc(-c2cccc(CC/C(=N/O)c3cccc(-c4ccnc(C)c4)c3C)c2)cc1. The van der Waals surface area contributed by atoms with Gasteiger partial charge in [0.1, 0.15) is 0 Å². The van der Waals surface area contributed by atoms with Crippen molar-refractivity contribution in [2.24, 2.45) is 5.16 Å². The van der Waals surface area contributed by atoms with Crippen LogP contribution in [0.1, 0.15) is 39.2 Å². The Bertz CT molecular complexity index is 1370. The first-order valence-electron chi connectivity index (χ1n) is 11.5. The largest absolute Gasteiger partial charge is 0.465 e. The molecule has 1 heterocycles. The van der Waals surface area contributed by atoms with Gasteiger partial charge in [-0.05, 0) is 84.3 Å². The summed E-state index contributed by atoms with van der Waals surface area (Å²) >= 11 is 0. The minimum Gasteiger partial charge on any atom is -0.465 e. The van der Waals surface area contributed by atoms with Gasteiger partial charge < -0.3 is 9.94 Å². The van der Waals surface area contributed by atoms with Crippen molar-refractivity contribution in [2.75, 3.05) is 7.11 Å². The Labute approximate surface area is 205 Å². The lowest BCUT2D eigenvalue weighted by Gasteiger charge is -2.13. The van der Waals surface area contributed by atoms with Gasteiger partial charge in [-0.25, -0.2) is 4.79 Å². The lowest BCUT2D eigenvalue weighted by molar-refractivity contribution is 0.0600. The molecule has 3 aromatic carbocycles. The van der Waals surface area contributed by atoms with E-state index in [2.05, 4.69) is 41.3 Å². The summed E-state index contributed by atoms with van der Waals surface area (Å²) in [6.45, 7) is 4.04. The molecule has 0 amide bonds. The van der Waals surface area contributed by atoms with Crippen molar-refractivity contribution in [3.05, 3.63) is 113 Å². The third-order valence-electron chi connectivity index (χ3n) is 6.19. The highest BCUT2D eigenvalue weighted by Gasteiger charge is 2.13. The van der Waals surface area contributed by atoms with Crippen molar-refractivity contribution < 1.29 is 14.7 Å². The fourth-order valence-electron chi connectivity index (χ4n) is 4.30. The molecule has 1 aromatic heterocycles. The quantitative estimate of drug-likeness (QED) is 0.144. The third kappa shape index (κ3) is 5.46. The molecule has 0 radical (unpaired) electrons. The van der Waals surface area contributed by atoms with E-state index in [1.54, 1.807) is 12.1 Å². The van der Waals surface area contributed by atoms with Crippen molar-refractivity contribution in [3.63, 3.8) is 0 Å². The van der Waals surface area contributed by atoms with Crippen molar-refractivity contribution in [3.8, 4) is 22.3 Å². The molecule has 0 spiro atoms. The van der Waals surface area contributed by atoms with E-state index in [-0.39, 0.29) is 5.97 Å². The second-order valence-electron chi connectivity index (χ2n) is 8.48. The normalized spacial score (nSPS) is 11.3. The van der Waals surface area contributed by atoms with Crippen LogP contribution in [0.2, 0.25) is 0 Å². The number of aromatic nitrogens is 1. The van der Waals surface area contributed by atoms with Crippen LogP contribution in [0.15, 0.2) is 90.2 Å². The molecule has 4 aromatic rings. The van der Waals surface area contributed by atoms with Crippen LogP contribution < -0.4 is 0 Å². The predicted molar refractivity (Wildman–Crippen MR) is 139 cm³/mol. The molecule has 0 saturated carbocycles. The second kappa shape index (κ2) is 10.8. The van der Waals surface area contributed by atoms with Gasteiger partial charge in [0.25, 0.3) is 0 Å². The van der Waals surface area contributed by atoms with Gasteiger partial charge in [0.05, 0.1) is 18.4 Å². The molecule has 0 aliphatic carbocycles. The number of carbonyl (C=O) groups is 1. The van der Waals surface area contributed by atoms with Crippen LogP contribution in [0, 0.1) is 13.8 Å². The first-order chi connectivity index (χ1) is 17.0. The predicted octanol–water partition coefficient (Wildman–Crippen LogP) is 6.63. The van der Waals surface area contributed by atoms with Gasteiger partial charge in [-0.1, -0.05) is 59.8 Å². The van der Waals surface area contributed by atoms with E-state index in [0.29, 0.717) is 17.7 Å². The Morgan fingerprint density at radius 1 is 0.914 bits per heavy atom. The number of aryl methyl sites for hydroxylation is 2. The lowest BCUT2D eigenvalue weighted by atomic mass is 9.92. The standard InChI is InChI=1S/C30H28N2O3/c1-20-18-26(16-17-31-20)27-8-5-9-28(21(27)2)29(32-34)15-10-22-6-4-7-25(19-22)23-11-13-24(14-12-23)30(33)35-3/h4-9,11-14,16-19,34H,10,15H2,1-3H3/b32-29-. The number of benzene rings is 3. The summed E-state index contributed by atoms with van der Waals surface area (Å²) in [4.78, 5) is 16.0. The van der Waals surface area contributed by atoms with E-state index in [9.17, 15) is 10.0 Å². The maximum Gasteiger partial charge on any atom is 0.337 e. The number of esters is 1. The first-order valence-corrected chi connectivity index (χ1v) is 11.5. The van der Waals surface area contributed by atoms with E-state index >= 15 is 0 Å². The van der Waals surface area contributed by atoms with Crippen molar-refractivity contribution in [1.82, 2.24) is 4.98 Å². The summed E-state index contributed by atoms with van der Waals surface area (Å²) in [6.07, 6.45) is 3.14. The van der Waals surface area contributed by atoms with Gasteiger partial charge in [0.2, 0.25) is 0 Å². The molecule has 0 saturated heterocycles. The monoisotopic (exact) mass is 464 g/mol. The van der Waals surface area contributed by atoms with Crippen molar-refractivity contribution in [2.45, 2.75) is 26.7 Å². The Kier molecular flexibility index (Phi) is 7.36. The molecule has 0 bridgehead atoms. The van der Waals surface area contributed by atoms with E-state index in [1.165, 1.54) is 7.11 Å². The van der Waals surface area contributed by atoms with Crippen LogP contribution in [-0.4, -0.2) is 29.0 Å². The molecule has 35 heavy (non-hydrogen) atoms. The minimum absolute atomic E-state index is 0.348. The zero-order valence-corrected chi connectivity index (χ0v) is 20.2. The number of oxime groups is 1. The van der Waals surface area contributed by atoms with Gasteiger partial charge in [0, 0.05) is 17.5 Å². The molecule has 4 rings (SSSR count). The summed E-state index contributed by atoms with van der Waals surface area (Å²) in [5.74, 6) is -0.348. The summed E-state index contributed by atoms with van der Waals surface area (Å²) in [6, 6.07) is 25.8. The maximum absolute atomic E-state index is 11.7. The van der Waals surface area contributed by atoms with E-state index in [1.807, 2.05) is 55.6 Å². The van der Waals surface area contributed by atoms with E-state index in [4.69, 9.17) is 4.74 Å². The van der Waals surface area contributed by atoms with E-state index in [0.717, 1.165) is 51.1 Å². The lowest BCUT2D eigenvalue weighted by Crippen LogP contribution is -2.06. The molecule has 0 atom stereocenters. The number of pyridine rings is 1. The molecule has 0 aliphatic rings. The molecule has 0 unspecified atom stereocenters. The number of hydrogen-bond donors (Lipinski definition) is 1. The third-order valence-corrected chi connectivity index (χ3v) is 6.19. The molecular weight excluding hydrogens is 436 g/mol. The topological polar surface area (TPSA) is 71.8 Å². The first kappa shape index (κ1) is 23.9. The smallest absolute Gasteiger partial charge is 0.337 e. The molecular formula is C30H28N2O3. The molecule has 1 N–H and O–H groups in total. The number of ether oxygens (including phenoxy) is 1. The summed E-state index contributed by atoms with van der Waals surface area (Å²) in [5, 5.41) is 13.5. The fourth-order valence-corrected chi connectivity index (χ4v) is 4.30. The summed E-state index contributed by atoms with van der Waals surface area (Å²) in [5.41, 5.74) is 9.58. The average molecular weight is 465 g/mol. The molecule has 5 heteroatoms. The van der Waals surface area contributed by atoms with Crippen molar-refractivity contribution >= 4 is 11.7 Å². The van der Waals surface area contributed by atoms with Gasteiger partial charge in [0.15, 0.2) is 0 Å². The molecule has 0 fully saturated rings. The van der Waals surface area contributed by atoms with Crippen LogP contribution in [-0.2, 0) is 11.2 Å². The Balaban J connectivity index is 1.53. The molecule has 176 valence electrons. The van der Waals surface area contributed by atoms with Gasteiger partial charge >= 0.3 is 5.97 Å². The van der Waals surface area contributed by atoms with Crippen LogP contribution in [0.5, 0.6) is 0 Å². The highest BCUT2D eigenvalue weighted by Crippen LogP contribution is 2.28. The second-order valence-corrected chi connectivity index (χ2v) is 8.48. The number of nitrogens with zero attached hydrogens (tertiary/aromatic N) is 2.